The van der Waals surface area contributed by atoms with Gasteiger partial charge in [-0.1, -0.05) is 0 Å². The van der Waals surface area contributed by atoms with Crippen molar-refractivity contribution in [1.29, 1.82) is 0 Å². The minimum atomic E-state index is -0.740. The molecule has 3 unspecified atom stereocenters. The van der Waals surface area contributed by atoms with E-state index in [4.69, 9.17) is 14.9 Å². The Balaban J connectivity index is 2.21. The van der Waals surface area contributed by atoms with Crippen molar-refractivity contribution >= 4 is 0 Å². The Bertz CT molecular complexity index is 126. The van der Waals surface area contributed by atoms with Crippen LogP contribution in [0.25, 0.3) is 0 Å². The molecule has 4 nitrogen and oxygen atoms in total. The van der Waals surface area contributed by atoms with Crippen molar-refractivity contribution in [3.8, 4) is 0 Å². The standard InChI is InChI=1S/C8H16O4/c9-3-1-2-6-4-7(10)8(11)5-12-6/h6-11H,1-5H2. The van der Waals surface area contributed by atoms with Gasteiger partial charge in [0, 0.05) is 13.0 Å². The molecule has 0 spiro atoms. The highest BCUT2D eigenvalue weighted by Gasteiger charge is 2.27. The first kappa shape index (κ1) is 9.92. The van der Waals surface area contributed by atoms with Gasteiger partial charge in [0.05, 0.1) is 18.8 Å². The number of aliphatic hydroxyl groups is 3. The van der Waals surface area contributed by atoms with E-state index in [0.717, 1.165) is 6.42 Å². The van der Waals surface area contributed by atoms with E-state index in [-0.39, 0.29) is 19.3 Å². The van der Waals surface area contributed by atoms with Crippen LogP contribution in [-0.2, 0) is 4.74 Å². The van der Waals surface area contributed by atoms with E-state index < -0.39 is 12.2 Å². The van der Waals surface area contributed by atoms with Crippen LogP contribution in [0.5, 0.6) is 0 Å². The van der Waals surface area contributed by atoms with Crippen LogP contribution >= 0.6 is 0 Å². The highest BCUT2D eigenvalue weighted by molar-refractivity contribution is 4.77. The van der Waals surface area contributed by atoms with Crippen molar-refractivity contribution in [2.75, 3.05) is 13.2 Å². The van der Waals surface area contributed by atoms with Gasteiger partial charge in [0.15, 0.2) is 0 Å². The van der Waals surface area contributed by atoms with Gasteiger partial charge in [0.1, 0.15) is 6.10 Å². The van der Waals surface area contributed by atoms with Crippen LogP contribution in [-0.4, -0.2) is 46.8 Å². The maximum Gasteiger partial charge on any atom is 0.103 e. The van der Waals surface area contributed by atoms with Crippen LogP contribution in [0.4, 0.5) is 0 Å². The molecule has 0 aromatic heterocycles. The Labute approximate surface area is 71.8 Å². The first-order valence-corrected chi connectivity index (χ1v) is 4.32. The molecular formula is C8H16O4. The van der Waals surface area contributed by atoms with Crippen LogP contribution in [0.2, 0.25) is 0 Å². The first-order chi connectivity index (χ1) is 5.74. The Hall–Kier alpha value is -0.160. The molecule has 72 valence electrons. The number of rotatable bonds is 3. The summed E-state index contributed by atoms with van der Waals surface area (Å²) in [6, 6.07) is 0. The maximum absolute atomic E-state index is 9.25. The number of hydrogen-bond donors (Lipinski definition) is 3. The third-order valence-corrected chi connectivity index (χ3v) is 2.14. The van der Waals surface area contributed by atoms with Crippen molar-refractivity contribution in [2.24, 2.45) is 0 Å². The molecule has 1 rings (SSSR count). The Morgan fingerprint density at radius 1 is 1.25 bits per heavy atom. The molecule has 0 bridgehead atoms. The van der Waals surface area contributed by atoms with E-state index in [1.807, 2.05) is 0 Å². The zero-order valence-electron chi connectivity index (χ0n) is 7.02. The van der Waals surface area contributed by atoms with Gasteiger partial charge in [-0.05, 0) is 12.8 Å². The Kier molecular flexibility index (Phi) is 3.94. The lowest BCUT2D eigenvalue weighted by Crippen LogP contribution is -2.41. The Morgan fingerprint density at radius 3 is 2.58 bits per heavy atom. The van der Waals surface area contributed by atoms with Crippen LogP contribution in [0, 0.1) is 0 Å². The molecule has 1 heterocycles. The molecule has 1 saturated heterocycles. The van der Waals surface area contributed by atoms with E-state index in [2.05, 4.69) is 0 Å². The summed E-state index contributed by atoms with van der Waals surface area (Å²) in [5.74, 6) is 0. The van der Waals surface area contributed by atoms with Gasteiger partial charge >= 0.3 is 0 Å². The molecule has 12 heavy (non-hydrogen) atoms. The van der Waals surface area contributed by atoms with E-state index in [9.17, 15) is 5.11 Å². The lowest BCUT2D eigenvalue weighted by atomic mass is 10.0. The molecule has 0 aliphatic carbocycles. The van der Waals surface area contributed by atoms with E-state index in [0.29, 0.717) is 12.8 Å². The predicted octanol–water partition coefficient (Wildman–Crippen LogP) is -0.730. The molecule has 1 aliphatic heterocycles. The molecule has 0 amide bonds. The van der Waals surface area contributed by atoms with Gasteiger partial charge in [-0.3, -0.25) is 0 Å². The van der Waals surface area contributed by atoms with E-state index in [1.165, 1.54) is 0 Å². The van der Waals surface area contributed by atoms with Crippen molar-refractivity contribution in [1.82, 2.24) is 0 Å². The minimum absolute atomic E-state index is 0.00412. The second-order valence-electron chi connectivity index (χ2n) is 3.19. The van der Waals surface area contributed by atoms with E-state index in [1.54, 1.807) is 0 Å². The van der Waals surface area contributed by atoms with Crippen LogP contribution in [0.1, 0.15) is 19.3 Å². The third kappa shape index (κ3) is 2.71. The highest BCUT2D eigenvalue weighted by Crippen LogP contribution is 2.17. The molecule has 0 aromatic carbocycles. The van der Waals surface area contributed by atoms with Gasteiger partial charge in [-0.15, -0.1) is 0 Å². The lowest BCUT2D eigenvalue weighted by molar-refractivity contribution is -0.123. The molecule has 0 radical (unpaired) electrons. The lowest BCUT2D eigenvalue weighted by Gasteiger charge is -2.30. The third-order valence-electron chi connectivity index (χ3n) is 2.14. The summed E-state index contributed by atoms with van der Waals surface area (Å²) < 4.78 is 5.24. The fourth-order valence-corrected chi connectivity index (χ4v) is 1.36. The zero-order chi connectivity index (χ0) is 8.97. The van der Waals surface area contributed by atoms with Crippen LogP contribution < -0.4 is 0 Å². The molecule has 0 saturated carbocycles. The Morgan fingerprint density at radius 2 is 2.00 bits per heavy atom. The van der Waals surface area contributed by atoms with E-state index >= 15 is 0 Å². The smallest absolute Gasteiger partial charge is 0.103 e. The summed E-state index contributed by atoms with van der Waals surface area (Å²) in [4.78, 5) is 0. The normalized spacial score (nSPS) is 36.8. The maximum atomic E-state index is 9.25. The zero-order valence-corrected chi connectivity index (χ0v) is 7.02. The second-order valence-corrected chi connectivity index (χ2v) is 3.19. The topological polar surface area (TPSA) is 69.9 Å². The number of aliphatic hydroxyl groups excluding tert-OH is 3. The molecule has 1 aliphatic rings. The van der Waals surface area contributed by atoms with Crippen molar-refractivity contribution in [3.63, 3.8) is 0 Å². The van der Waals surface area contributed by atoms with Crippen molar-refractivity contribution < 1.29 is 20.1 Å². The molecular weight excluding hydrogens is 160 g/mol. The van der Waals surface area contributed by atoms with Gasteiger partial charge < -0.3 is 20.1 Å². The summed E-state index contributed by atoms with van der Waals surface area (Å²) in [7, 11) is 0. The van der Waals surface area contributed by atoms with Crippen LogP contribution in [0.15, 0.2) is 0 Å². The first-order valence-electron chi connectivity index (χ1n) is 4.32. The van der Waals surface area contributed by atoms with Gasteiger partial charge in [-0.25, -0.2) is 0 Å². The average molecular weight is 176 g/mol. The average Bonchev–Trinajstić information content (AvgIpc) is 2.07. The summed E-state index contributed by atoms with van der Waals surface area (Å²) in [5, 5.41) is 26.9. The molecule has 3 atom stereocenters. The fraction of sp³-hybridized carbons (Fsp3) is 1.00. The van der Waals surface area contributed by atoms with Crippen LogP contribution in [0.3, 0.4) is 0 Å². The molecule has 3 N–H and O–H groups in total. The van der Waals surface area contributed by atoms with Gasteiger partial charge in [0.2, 0.25) is 0 Å². The molecule has 0 aromatic rings. The summed E-state index contributed by atoms with van der Waals surface area (Å²) in [6.07, 6.45) is 0.503. The molecule has 1 fully saturated rings. The number of ether oxygens (including phenoxy) is 1. The number of hydrogen-bond acceptors (Lipinski definition) is 4. The predicted molar refractivity (Wildman–Crippen MR) is 42.7 cm³/mol. The SMILES string of the molecule is OCCCC1CC(O)C(O)CO1. The quantitative estimate of drug-likeness (QED) is 0.530. The molecule has 4 heteroatoms. The highest BCUT2D eigenvalue weighted by atomic mass is 16.5. The minimum Gasteiger partial charge on any atom is -0.396 e. The summed E-state index contributed by atoms with van der Waals surface area (Å²) in [5.41, 5.74) is 0. The largest absolute Gasteiger partial charge is 0.396 e. The second kappa shape index (κ2) is 4.77. The van der Waals surface area contributed by atoms with Gasteiger partial charge in [-0.2, -0.15) is 0 Å². The van der Waals surface area contributed by atoms with Crippen molar-refractivity contribution in [2.45, 2.75) is 37.6 Å². The monoisotopic (exact) mass is 176 g/mol. The fourth-order valence-electron chi connectivity index (χ4n) is 1.36. The van der Waals surface area contributed by atoms with Crippen molar-refractivity contribution in [3.05, 3.63) is 0 Å². The summed E-state index contributed by atoms with van der Waals surface area (Å²) >= 11 is 0. The summed E-state index contributed by atoms with van der Waals surface area (Å²) in [6.45, 7) is 0.357. The van der Waals surface area contributed by atoms with Gasteiger partial charge in [0.25, 0.3) is 0 Å².